The van der Waals surface area contributed by atoms with Crippen LogP contribution < -0.4 is 15.4 Å². The van der Waals surface area contributed by atoms with Crippen molar-refractivity contribution >= 4 is 58.0 Å². The molecule has 0 saturated heterocycles. The molecule has 1 atom stereocenters. The van der Waals surface area contributed by atoms with E-state index in [1.165, 1.54) is 43.3 Å². The summed E-state index contributed by atoms with van der Waals surface area (Å²) in [5.41, 5.74) is -0.198. The number of hydrogen-bond donors (Lipinski definition) is 2. The molecule has 2 rings (SSSR count). The van der Waals surface area contributed by atoms with Crippen LogP contribution in [-0.2, 0) is 4.79 Å². The maximum Gasteiger partial charge on any atom is 0.282 e. The highest BCUT2D eigenvalue weighted by Crippen LogP contribution is 2.33. The Labute approximate surface area is 174 Å². The van der Waals surface area contributed by atoms with Gasteiger partial charge in [0, 0.05) is 24.7 Å². The van der Waals surface area contributed by atoms with Gasteiger partial charge in [-0.3, -0.25) is 19.7 Å². The van der Waals surface area contributed by atoms with Crippen LogP contribution in [0.4, 0.5) is 11.4 Å². The van der Waals surface area contributed by atoms with Gasteiger partial charge in [-0.25, -0.2) is 0 Å². The van der Waals surface area contributed by atoms with E-state index in [0.717, 1.165) is 0 Å². The number of carbonyl (C=O) groups excluding carboxylic acids is 2. The van der Waals surface area contributed by atoms with Crippen molar-refractivity contribution in [3.63, 3.8) is 0 Å². The summed E-state index contributed by atoms with van der Waals surface area (Å²) in [6, 6.07) is 11.5. The van der Waals surface area contributed by atoms with Crippen molar-refractivity contribution in [2.45, 2.75) is 16.9 Å². The number of nitro groups is 1. The first-order valence-electron chi connectivity index (χ1n) is 7.73. The highest BCUT2D eigenvalue weighted by molar-refractivity contribution is 6.68. The van der Waals surface area contributed by atoms with Gasteiger partial charge in [-0.15, -0.1) is 0 Å². The molecule has 8 nitrogen and oxygen atoms in total. The number of nitro benzene ring substituents is 1. The van der Waals surface area contributed by atoms with E-state index in [1.807, 2.05) is 0 Å². The largest absolute Gasteiger partial charge is 0.466 e. The molecule has 148 valence electrons. The van der Waals surface area contributed by atoms with Crippen LogP contribution in [0.15, 0.2) is 48.5 Å². The molecule has 2 aromatic carbocycles. The lowest BCUT2D eigenvalue weighted by molar-refractivity contribution is -0.385. The zero-order valence-corrected chi connectivity index (χ0v) is 16.6. The molecular formula is C17H14Cl3N3O5. The summed E-state index contributed by atoms with van der Waals surface area (Å²) in [6.45, 7) is 1.34. The summed E-state index contributed by atoms with van der Waals surface area (Å²) in [4.78, 5) is 34.1. The number of ether oxygens (including phenoxy) is 1. The van der Waals surface area contributed by atoms with E-state index in [-0.39, 0.29) is 17.2 Å². The van der Waals surface area contributed by atoms with E-state index in [4.69, 9.17) is 39.5 Å². The van der Waals surface area contributed by atoms with Crippen LogP contribution in [0, 0.1) is 10.1 Å². The fourth-order valence-corrected chi connectivity index (χ4v) is 2.48. The second-order valence-electron chi connectivity index (χ2n) is 5.50. The standard InChI is InChI=1S/C17H14Cl3N3O5/c1-10(24)21-11-5-4-6-12(9-11)28-16(17(18,19)20)22-15(25)13-7-2-3-8-14(13)23(26)27/h2-9,16H,1H3,(H,21,24)(H,22,25)/t16-/m1/s1. The van der Waals surface area contributed by atoms with Gasteiger partial charge < -0.3 is 15.4 Å². The molecule has 2 N–H and O–H groups in total. The molecule has 0 spiro atoms. The fourth-order valence-electron chi connectivity index (χ4n) is 2.19. The first-order chi connectivity index (χ1) is 13.1. The van der Waals surface area contributed by atoms with E-state index in [1.54, 1.807) is 12.1 Å². The number of anilines is 1. The Morgan fingerprint density at radius 2 is 1.82 bits per heavy atom. The number of rotatable bonds is 6. The number of carbonyl (C=O) groups is 2. The van der Waals surface area contributed by atoms with Gasteiger partial charge in [-0.1, -0.05) is 53.0 Å². The van der Waals surface area contributed by atoms with Crippen molar-refractivity contribution in [1.82, 2.24) is 5.32 Å². The second kappa shape index (κ2) is 9.09. The zero-order chi connectivity index (χ0) is 20.9. The molecular weight excluding hydrogens is 433 g/mol. The van der Waals surface area contributed by atoms with E-state index in [0.29, 0.717) is 5.69 Å². The lowest BCUT2D eigenvalue weighted by atomic mass is 10.1. The Kier molecular flexibility index (Phi) is 7.06. The van der Waals surface area contributed by atoms with Crippen molar-refractivity contribution < 1.29 is 19.2 Å². The van der Waals surface area contributed by atoms with Gasteiger partial charge in [0.1, 0.15) is 11.3 Å². The quantitative estimate of drug-likeness (QED) is 0.301. The highest BCUT2D eigenvalue weighted by atomic mass is 35.6. The Balaban J connectivity index is 2.25. The SMILES string of the molecule is CC(=O)Nc1cccc(O[C@@H](NC(=O)c2ccccc2[N+](=O)[O-])C(Cl)(Cl)Cl)c1. The minimum Gasteiger partial charge on any atom is -0.466 e. The second-order valence-corrected chi connectivity index (χ2v) is 7.87. The van der Waals surface area contributed by atoms with E-state index < -0.39 is 26.5 Å². The molecule has 0 unspecified atom stereocenters. The molecule has 0 fully saturated rings. The Morgan fingerprint density at radius 3 is 2.43 bits per heavy atom. The molecule has 0 aromatic heterocycles. The molecule has 0 bridgehead atoms. The van der Waals surface area contributed by atoms with Crippen molar-refractivity contribution in [1.29, 1.82) is 0 Å². The van der Waals surface area contributed by atoms with E-state index >= 15 is 0 Å². The summed E-state index contributed by atoms with van der Waals surface area (Å²) in [7, 11) is 0. The number of halogens is 3. The minimum atomic E-state index is -2.09. The molecule has 0 heterocycles. The third-order valence-electron chi connectivity index (χ3n) is 3.31. The van der Waals surface area contributed by atoms with Crippen LogP contribution in [0.5, 0.6) is 5.75 Å². The fraction of sp³-hybridized carbons (Fsp3) is 0.176. The normalized spacial score (nSPS) is 12.0. The summed E-state index contributed by atoms with van der Waals surface area (Å²) in [5.74, 6) is -0.966. The molecule has 0 radical (unpaired) electrons. The lowest BCUT2D eigenvalue weighted by Crippen LogP contribution is -2.48. The topological polar surface area (TPSA) is 111 Å². The van der Waals surface area contributed by atoms with Crippen LogP contribution in [0.2, 0.25) is 0 Å². The van der Waals surface area contributed by atoms with E-state index in [2.05, 4.69) is 10.6 Å². The molecule has 28 heavy (non-hydrogen) atoms. The van der Waals surface area contributed by atoms with Gasteiger partial charge in [-0.2, -0.15) is 0 Å². The van der Waals surface area contributed by atoms with Crippen LogP contribution in [0.25, 0.3) is 0 Å². The van der Waals surface area contributed by atoms with Crippen LogP contribution in [-0.4, -0.2) is 26.8 Å². The molecule has 0 aliphatic rings. The monoisotopic (exact) mass is 445 g/mol. The molecule has 0 aliphatic heterocycles. The Hall–Kier alpha value is -2.55. The van der Waals surface area contributed by atoms with Crippen LogP contribution in [0.1, 0.15) is 17.3 Å². The van der Waals surface area contributed by atoms with Gasteiger partial charge in [0.05, 0.1) is 4.92 Å². The van der Waals surface area contributed by atoms with Gasteiger partial charge in [-0.05, 0) is 18.2 Å². The number of amides is 2. The van der Waals surface area contributed by atoms with Crippen molar-refractivity contribution in [3.8, 4) is 5.75 Å². The predicted octanol–water partition coefficient (Wildman–Crippen LogP) is 4.06. The number of benzene rings is 2. The average Bonchev–Trinajstić information content (AvgIpc) is 2.60. The minimum absolute atomic E-state index is 0.186. The molecule has 2 amide bonds. The first-order valence-corrected chi connectivity index (χ1v) is 8.86. The van der Waals surface area contributed by atoms with Crippen LogP contribution >= 0.6 is 34.8 Å². The van der Waals surface area contributed by atoms with Gasteiger partial charge in [0.2, 0.25) is 15.9 Å². The smallest absolute Gasteiger partial charge is 0.282 e. The third-order valence-corrected chi connectivity index (χ3v) is 3.91. The number of para-hydroxylation sites is 1. The predicted molar refractivity (Wildman–Crippen MR) is 106 cm³/mol. The van der Waals surface area contributed by atoms with Gasteiger partial charge in [0.25, 0.3) is 11.6 Å². The highest BCUT2D eigenvalue weighted by Gasteiger charge is 2.37. The number of nitrogens with one attached hydrogen (secondary N) is 2. The maximum absolute atomic E-state index is 12.5. The molecule has 0 aliphatic carbocycles. The van der Waals surface area contributed by atoms with Crippen LogP contribution in [0.3, 0.4) is 0 Å². The van der Waals surface area contributed by atoms with Gasteiger partial charge >= 0.3 is 0 Å². The Bertz CT molecular complexity index is 902. The molecule has 0 saturated carbocycles. The average molecular weight is 447 g/mol. The summed E-state index contributed by atoms with van der Waals surface area (Å²) in [5, 5.41) is 16.0. The van der Waals surface area contributed by atoms with Crippen molar-refractivity contribution in [2.75, 3.05) is 5.32 Å². The van der Waals surface area contributed by atoms with E-state index in [9.17, 15) is 19.7 Å². The first kappa shape index (κ1) is 21.7. The number of nitrogens with zero attached hydrogens (tertiary/aromatic N) is 1. The number of alkyl halides is 3. The number of hydrogen-bond acceptors (Lipinski definition) is 5. The van der Waals surface area contributed by atoms with Crippen molar-refractivity contribution in [2.24, 2.45) is 0 Å². The molecule has 11 heteroatoms. The molecule has 2 aromatic rings. The zero-order valence-electron chi connectivity index (χ0n) is 14.3. The van der Waals surface area contributed by atoms with Crippen molar-refractivity contribution in [3.05, 3.63) is 64.2 Å². The Morgan fingerprint density at radius 1 is 1.14 bits per heavy atom. The summed E-state index contributed by atoms with van der Waals surface area (Å²) in [6.07, 6.45) is -1.47. The third kappa shape index (κ3) is 5.98. The summed E-state index contributed by atoms with van der Waals surface area (Å²) >= 11 is 17.7. The maximum atomic E-state index is 12.5. The summed E-state index contributed by atoms with van der Waals surface area (Å²) < 4.78 is 3.45. The lowest BCUT2D eigenvalue weighted by Gasteiger charge is -2.26. The van der Waals surface area contributed by atoms with Gasteiger partial charge in [0.15, 0.2) is 0 Å².